The van der Waals surface area contributed by atoms with E-state index < -0.39 is 6.09 Å². The van der Waals surface area contributed by atoms with Gasteiger partial charge in [0, 0.05) is 6.20 Å². The molecular weight excluding hydrogens is 204 g/mol. The van der Waals surface area contributed by atoms with Crippen molar-refractivity contribution in [2.45, 2.75) is 13.0 Å². The molecule has 0 aliphatic heterocycles. The van der Waals surface area contributed by atoms with E-state index in [1.807, 2.05) is 6.92 Å². The summed E-state index contributed by atoms with van der Waals surface area (Å²) >= 11 is 5.67. The molecule has 0 radical (unpaired) electrons. The van der Waals surface area contributed by atoms with E-state index in [4.69, 9.17) is 11.6 Å². The third-order valence-corrected chi connectivity index (χ3v) is 1.94. The molecule has 76 valence electrons. The molecule has 0 fully saturated rings. The quantitative estimate of drug-likeness (QED) is 0.821. The second kappa shape index (κ2) is 4.81. The number of nitrogens with zero attached hydrogens (tertiary/aromatic N) is 1. The number of rotatable bonds is 2. The fraction of sp³-hybridized carbons (Fsp3) is 0.333. The van der Waals surface area contributed by atoms with E-state index in [0.717, 1.165) is 5.69 Å². The van der Waals surface area contributed by atoms with Crippen molar-refractivity contribution in [1.29, 1.82) is 0 Å². The number of amides is 1. The number of ether oxygens (including phenoxy) is 1. The van der Waals surface area contributed by atoms with Gasteiger partial charge < -0.3 is 10.1 Å². The minimum atomic E-state index is -0.478. The van der Waals surface area contributed by atoms with Gasteiger partial charge in [0.1, 0.15) is 0 Å². The molecule has 1 aromatic heterocycles. The van der Waals surface area contributed by atoms with Gasteiger partial charge in [-0.3, -0.25) is 4.98 Å². The topological polar surface area (TPSA) is 51.2 Å². The molecule has 4 nitrogen and oxygen atoms in total. The first-order valence-electron chi connectivity index (χ1n) is 4.09. The van der Waals surface area contributed by atoms with E-state index in [9.17, 15) is 4.79 Å². The number of aromatic nitrogens is 1. The second-order valence-electron chi connectivity index (χ2n) is 2.76. The van der Waals surface area contributed by atoms with Crippen molar-refractivity contribution in [2.75, 3.05) is 7.11 Å². The van der Waals surface area contributed by atoms with Gasteiger partial charge in [-0.2, -0.15) is 0 Å². The van der Waals surface area contributed by atoms with Crippen LogP contribution in [0, 0.1) is 0 Å². The number of hydrogen-bond acceptors (Lipinski definition) is 3. The van der Waals surface area contributed by atoms with E-state index in [2.05, 4.69) is 15.0 Å². The third kappa shape index (κ3) is 2.88. The van der Waals surface area contributed by atoms with Gasteiger partial charge in [0.25, 0.3) is 0 Å². The molecule has 0 aliphatic rings. The van der Waals surface area contributed by atoms with Crippen LogP contribution in [-0.4, -0.2) is 18.2 Å². The molecule has 0 aliphatic carbocycles. The minimum Gasteiger partial charge on any atom is -0.453 e. The smallest absolute Gasteiger partial charge is 0.407 e. The summed E-state index contributed by atoms with van der Waals surface area (Å²) < 4.78 is 4.46. The van der Waals surface area contributed by atoms with Crippen LogP contribution in [0.2, 0.25) is 5.02 Å². The zero-order valence-corrected chi connectivity index (χ0v) is 8.71. The van der Waals surface area contributed by atoms with Crippen LogP contribution in [-0.2, 0) is 4.74 Å². The Morgan fingerprint density at radius 1 is 1.64 bits per heavy atom. The van der Waals surface area contributed by atoms with Crippen molar-refractivity contribution in [1.82, 2.24) is 10.3 Å². The van der Waals surface area contributed by atoms with E-state index in [1.54, 1.807) is 12.1 Å². The molecule has 0 spiro atoms. The number of halogens is 1. The molecule has 1 rings (SSSR count). The van der Waals surface area contributed by atoms with Gasteiger partial charge in [0.15, 0.2) is 0 Å². The predicted molar refractivity (Wildman–Crippen MR) is 53.2 cm³/mol. The summed E-state index contributed by atoms with van der Waals surface area (Å²) in [4.78, 5) is 14.9. The largest absolute Gasteiger partial charge is 0.453 e. The highest BCUT2D eigenvalue weighted by molar-refractivity contribution is 6.30. The molecule has 1 amide bonds. The Bertz CT molecular complexity index is 313. The summed E-state index contributed by atoms with van der Waals surface area (Å²) in [6, 6.07) is 3.28. The SMILES string of the molecule is COC(=O)N[C@H](C)c1ccc(Cl)cn1. The van der Waals surface area contributed by atoms with Crippen molar-refractivity contribution < 1.29 is 9.53 Å². The lowest BCUT2D eigenvalue weighted by Gasteiger charge is -2.11. The van der Waals surface area contributed by atoms with Crippen molar-refractivity contribution in [2.24, 2.45) is 0 Å². The molecule has 5 heteroatoms. The van der Waals surface area contributed by atoms with Crippen LogP contribution >= 0.6 is 11.6 Å². The van der Waals surface area contributed by atoms with E-state index >= 15 is 0 Å². The molecule has 1 N–H and O–H groups in total. The van der Waals surface area contributed by atoms with Crippen molar-refractivity contribution in [3.05, 3.63) is 29.0 Å². The minimum absolute atomic E-state index is 0.195. The standard InChI is InChI=1S/C9H11ClN2O2/c1-6(12-9(13)14-2)8-4-3-7(10)5-11-8/h3-6H,1-2H3,(H,12,13)/t6-/m1/s1. The number of nitrogens with one attached hydrogen (secondary N) is 1. The Morgan fingerprint density at radius 3 is 2.86 bits per heavy atom. The van der Waals surface area contributed by atoms with Crippen LogP contribution in [0.5, 0.6) is 0 Å². The normalized spacial score (nSPS) is 11.9. The van der Waals surface area contributed by atoms with Gasteiger partial charge in [0.05, 0.1) is 23.9 Å². The van der Waals surface area contributed by atoms with Crippen molar-refractivity contribution in [3.8, 4) is 0 Å². The van der Waals surface area contributed by atoms with Crippen LogP contribution in [0.15, 0.2) is 18.3 Å². The Hall–Kier alpha value is -1.29. The number of pyridine rings is 1. The zero-order chi connectivity index (χ0) is 10.6. The van der Waals surface area contributed by atoms with Crippen LogP contribution in [0.25, 0.3) is 0 Å². The molecular formula is C9H11ClN2O2. The fourth-order valence-electron chi connectivity index (χ4n) is 0.953. The lowest BCUT2D eigenvalue weighted by atomic mass is 10.2. The van der Waals surface area contributed by atoms with Gasteiger partial charge in [-0.1, -0.05) is 11.6 Å². The van der Waals surface area contributed by atoms with Crippen molar-refractivity contribution in [3.63, 3.8) is 0 Å². The summed E-state index contributed by atoms with van der Waals surface area (Å²) in [5.74, 6) is 0. The van der Waals surface area contributed by atoms with Gasteiger partial charge in [-0.15, -0.1) is 0 Å². The second-order valence-corrected chi connectivity index (χ2v) is 3.20. The first-order valence-corrected chi connectivity index (χ1v) is 4.47. The summed E-state index contributed by atoms with van der Waals surface area (Å²) in [6.07, 6.45) is 1.06. The summed E-state index contributed by atoms with van der Waals surface area (Å²) in [5.41, 5.74) is 0.736. The molecule has 0 bridgehead atoms. The highest BCUT2D eigenvalue weighted by atomic mass is 35.5. The highest BCUT2D eigenvalue weighted by Crippen LogP contribution is 2.12. The lowest BCUT2D eigenvalue weighted by Crippen LogP contribution is -2.26. The maximum Gasteiger partial charge on any atom is 0.407 e. The van der Waals surface area contributed by atoms with Crippen LogP contribution in [0.1, 0.15) is 18.7 Å². The van der Waals surface area contributed by atoms with Crippen LogP contribution in [0.4, 0.5) is 4.79 Å². The lowest BCUT2D eigenvalue weighted by molar-refractivity contribution is 0.167. The molecule has 0 saturated carbocycles. The van der Waals surface area contributed by atoms with E-state index in [-0.39, 0.29) is 6.04 Å². The number of hydrogen-bond donors (Lipinski definition) is 1. The average molecular weight is 215 g/mol. The molecule has 0 unspecified atom stereocenters. The molecule has 1 aromatic rings. The average Bonchev–Trinajstić information content (AvgIpc) is 2.18. The first kappa shape index (κ1) is 10.8. The van der Waals surface area contributed by atoms with Gasteiger partial charge in [0.2, 0.25) is 0 Å². The number of carbonyl (C=O) groups is 1. The Morgan fingerprint density at radius 2 is 2.36 bits per heavy atom. The number of methoxy groups -OCH3 is 1. The number of alkyl carbamates (subject to hydrolysis) is 1. The van der Waals surface area contributed by atoms with Gasteiger partial charge in [-0.05, 0) is 19.1 Å². The fourth-order valence-corrected chi connectivity index (χ4v) is 1.06. The maximum absolute atomic E-state index is 10.9. The van der Waals surface area contributed by atoms with E-state index in [1.165, 1.54) is 13.3 Å². The zero-order valence-electron chi connectivity index (χ0n) is 7.95. The highest BCUT2D eigenvalue weighted by Gasteiger charge is 2.09. The van der Waals surface area contributed by atoms with Gasteiger partial charge >= 0.3 is 6.09 Å². The predicted octanol–water partition coefficient (Wildman–Crippen LogP) is 2.15. The monoisotopic (exact) mass is 214 g/mol. The van der Waals surface area contributed by atoms with E-state index in [0.29, 0.717) is 5.02 Å². The third-order valence-electron chi connectivity index (χ3n) is 1.71. The Balaban J connectivity index is 2.65. The molecule has 0 saturated heterocycles. The Kier molecular flexibility index (Phi) is 3.71. The van der Waals surface area contributed by atoms with Crippen molar-refractivity contribution >= 4 is 17.7 Å². The summed E-state index contributed by atoms with van der Waals surface area (Å²) in [7, 11) is 1.32. The molecule has 1 heterocycles. The first-order chi connectivity index (χ1) is 6.63. The van der Waals surface area contributed by atoms with Crippen LogP contribution in [0.3, 0.4) is 0 Å². The summed E-state index contributed by atoms with van der Waals surface area (Å²) in [5, 5.41) is 3.17. The maximum atomic E-state index is 10.9. The molecule has 14 heavy (non-hydrogen) atoms. The summed E-state index contributed by atoms with van der Waals surface area (Å²) in [6.45, 7) is 1.81. The van der Waals surface area contributed by atoms with Crippen LogP contribution < -0.4 is 5.32 Å². The van der Waals surface area contributed by atoms with Gasteiger partial charge in [-0.25, -0.2) is 4.79 Å². The molecule has 1 atom stereocenters. The number of carbonyl (C=O) groups excluding carboxylic acids is 1. The Labute approximate surface area is 87.2 Å². The molecule has 0 aromatic carbocycles.